The van der Waals surface area contributed by atoms with Crippen LogP contribution < -0.4 is 15.2 Å². The lowest BCUT2D eigenvalue weighted by Gasteiger charge is -2.13. The quantitative estimate of drug-likeness (QED) is 0.896. The van der Waals surface area contributed by atoms with Crippen LogP contribution in [0.15, 0.2) is 42.5 Å². The predicted octanol–water partition coefficient (Wildman–Crippen LogP) is 3.48. The summed E-state index contributed by atoms with van der Waals surface area (Å²) in [4.78, 5) is 0. The molecule has 0 aromatic heterocycles. The van der Waals surface area contributed by atoms with Crippen molar-refractivity contribution in [2.45, 2.75) is 13.5 Å². The highest BCUT2D eigenvalue weighted by atomic mass is 19.1. The van der Waals surface area contributed by atoms with Crippen LogP contribution in [0, 0.1) is 5.82 Å². The fraction of sp³-hybridized carbons (Fsp3) is 0.200. The van der Waals surface area contributed by atoms with Gasteiger partial charge in [0.2, 0.25) is 0 Å². The zero-order valence-corrected chi connectivity index (χ0v) is 10.7. The van der Waals surface area contributed by atoms with E-state index >= 15 is 0 Å². The monoisotopic (exact) mass is 261 g/mol. The first-order valence-electron chi connectivity index (χ1n) is 6.13. The second kappa shape index (κ2) is 6.20. The molecule has 0 atom stereocenters. The Morgan fingerprint density at radius 3 is 2.37 bits per heavy atom. The van der Waals surface area contributed by atoms with Gasteiger partial charge in [0, 0.05) is 12.1 Å². The average molecular weight is 261 g/mol. The molecule has 0 fully saturated rings. The summed E-state index contributed by atoms with van der Waals surface area (Å²) >= 11 is 0. The van der Waals surface area contributed by atoms with E-state index in [4.69, 9.17) is 15.2 Å². The molecule has 0 saturated heterocycles. The van der Waals surface area contributed by atoms with Crippen LogP contribution in [0.25, 0.3) is 0 Å². The van der Waals surface area contributed by atoms with Gasteiger partial charge in [0.25, 0.3) is 0 Å². The summed E-state index contributed by atoms with van der Waals surface area (Å²) < 4.78 is 24.8. The molecule has 0 aliphatic carbocycles. The Hall–Kier alpha value is -2.07. The fourth-order valence-electron chi connectivity index (χ4n) is 1.76. The Kier molecular flexibility index (Phi) is 4.36. The van der Waals surface area contributed by atoms with E-state index in [1.54, 1.807) is 24.3 Å². The van der Waals surface area contributed by atoms with Crippen molar-refractivity contribution >= 4 is 0 Å². The van der Waals surface area contributed by atoms with Crippen molar-refractivity contribution in [2.24, 2.45) is 5.73 Å². The van der Waals surface area contributed by atoms with Gasteiger partial charge in [-0.15, -0.1) is 0 Å². The molecule has 2 N–H and O–H groups in total. The van der Waals surface area contributed by atoms with E-state index in [1.807, 2.05) is 19.1 Å². The van der Waals surface area contributed by atoms with Gasteiger partial charge in [-0.1, -0.05) is 18.2 Å². The van der Waals surface area contributed by atoms with Gasteiger partial charge in [0.15, 0.2) is 11.5 Å². The van der Waals surface area contributed by atoms with Gasteiger partial charge < -0.3 is 15.2 Å². The largest absolute Gasteiger partial charge is 0.490 e. The maximum atomic E-state index is 13.6. The summed E-state index contributed by atoms with van der Waals surface area (Å²) in [7, 11) is 0. The second-order valence-electron chi connectivity index (χ2n) is 3.90. The van der Waals surface area contributed by atoms with Crippen LogP contribution in [0.3, 0.4) is 0 Å². The lowest BCUT2D eigenvalue weighted by atomic mass is 10.2. The first-order chi connectivity index (χ1) is 9.26. The molecule has 0 spiro atoms. The molecule has 2 aromatic carbocycles. The lowest BCUT2D eigenvalue weighted by Crippen LogP contribution is -2.03. The van der Waals surface area contributed by atoms with Crippen molar-refractivity contribution < 1.29 is 13.9 Å². The molecule has 0 heterocycles. The van der Waals surface area contributed by atoms with E-state index in [9.17, 15) is 4.39 Å². The van der Waals surface area contributed by atoms with E-state index in [2.05, 4.69) is 0 Å². The number of hydrogen-bond donors (Lipinski definition) is 1. The molecule has 0 saturated carbocycles. The molecule has 0 aliphatic rings. The van der Waals surface area contributed by atoms with E-state index < -0.39 is 0 Å². The Morgan fingerprint density at radius 1 is 1.00 bits per heavy atom. The highest BCUT2D eigenvalue weighted by Crippen LogP contribution is 2.33. The molecule has 100 valence electrons. The number of benzene rings is 2. The summed E-state index contributed by atoms with van der Waals surface area (Å²) in [5, 5.41) is 0. The first kappa shape index (κ1) is 13.4. The summed E-state index contributed by atoms with van der Waals surface area (Å²) in [5.41, 5.74) is 5.91. The minimum absolute atomic E-state index is 0.0822. The molecule has 2 aromatic rings. The molecular formula is C15H16FNO2. The Balaban J connectivity index is 2.33. The van der Waals surface area contributed by atoms with Crippen molar-refractivity contribution in [2.75, 3.05) is 6.61 Å². The van der Waals surface area contributed by atoms with Crippen LogP contribution >= 0.6 is 0 Å². The van der Waals surface area contributed by atoms with Gasteiger partial charge in [-0.3, -0.25) is 0 Å². The standard InChI is InChI=1S/C15H16FNO2/c1-2-18-14-7-3-4-8-15(14)19-13-9-5-6-12(16)11(13)10-17/h3-9H,2,10,17H2,1H3. The maximum absolute atomic E-state index is 13.6. The normalized spacial score (nSPS) is 10.3. The highest BCUT2D eigenvalue weighted by Gasteiger charge is 2.11. The molecule has 0 bridgehead atoms. The topological polar surface area (TPSA) is 44.5 Å². The number of ether oxygens (including phenoxy) is 2. The SMILES string of the molecule is CCOc1ccccc1Oc1cccc(F)c1CN. The fourth-order valence-corrected chi connectivity index (χ4v) is 1.76. The van der Waals surface area contributed by atoms with E-state index in [0.717, 1.165) is 0 Å². The third kappa shape index (κ3) is 3.03. The van der Waals surface area contributed by atoms with E-state index in [-0.39, 0.29) is 12.4 Å². The maximum Gasteiger partial charge on any atom is 0.169 e. The van der Waals surface area contributed by atoms with Crippen molar-refractivity contribution in [3.8, 4) is 17.2 Å². The molecule has 0 aliphatic heterocycles. The minimum atomic E-state index is -0.367. The van der Waals surface area contributed by atoms with Crippen LogP contribution in [0.2, 0.25) is 0 Å². The summed E-state index contributed by atoms with van der Waals surface area (Å²) in [6.07, 6.45) is 0. The third-order valence-corrected chi connectivity index (χ3v) is 2.65. The van der Waals surface area contributed by atoms with Crippen molar-refractivity contribution in [1.82, 2.24) is 0 Å². The number of hydrogen-bond acceptors (Lipinski definition) is 3. The van der Waals surface area contributed by atoms with Gasteiger partial charge in [-0.05, 0) is 31.2 Å². The molecule has 0 radical (unpaired) electrons. The van der Waals surface area contributed by atoms with Crippen LogP contribution in [0.4, 0.5) is 4.39 Å². The summed E-state index contributed by atoms with van der Waals surface area (Å²) in [6, 6.07) is 11.9. The van der Waals surface area contributed by atoms with Gasteiger partial charge in [0.05, 0.1) is 6.61 Å². The minimum Gasteiger partial charge on any atom is -0.490 e. The van der Waals surface area contributed by atoms with Gasteiger partial charge >= 0.3 is 0 Å². The predicted molar refractivity (Wildman–Crippen MR) is 72.0 cm³/mol. The highest BCUT2D eigenvalue weighted by molar-refractivity contribution is 5.45. The Bertz CT molecular complexity index is 558. The lowest BCUT2D eigenvalue weighted by molar-refractivity contribution is 0.320. The van der Waals surface area contributed by atoms with Crippen LogP contribution in [0.1, 0.15) is 12.5 Å². The van der Waals surface area contributed by atoms with Gasteiger partial charge in [-0.2, -0.15) is 0 Å². The zero-order valence-electron chi connectivity index (χ0n) is 10.7. The number of para-hydroxylation sites is 2. The van der Waals surface area contributed by atoms with E-state index in [0.29, 0.717) is 29.4 Å². The average Bonchev–Trinajstić information content (AvgIpc) is 2.41. The Labute approximate surface area is 111 Å². The van der Waals surface area contributed by atoms with Crippen molar-refractivity contribution in [3.63, 3.8) is 0 Å². The van der Waals surface area contributed by atoms with Crippen LogP contribution in [-0.4, -0.2) is 6.61 Å². The molecule has 3 nitrogen and oxygen atoms in total. The van der Waals surface area contributed by atoms with Crippen LogP contribution in [0.5, 0.6) is 17.2 Å². The number of rotatable bonds is 5. The molecule has 19 heavy (non-hydrogen) atoms. The first-order valence-corrected chi connectivity index (χ1v) is 6.13. The van der Waals surface area contributed by atoms with E-state index in [1.165, 1.54) is 6.07 Å². The molecule has 0 unspecified atom stereocenters. The number of nitrogens with two attached hydrogens (primary N) is 1. The third-order valence-electron chi connectivity index (χ3n) is 2.65. The number of halogens is 1. The van der Waals surface area contributed by atoms with Gasteiger partial charge in [0.1, 0.15) is 11.6 Å². The van der Waals surface area contributed by atoms with Crippen LogP contribution in [-0.2, 0) is 6.54 Å². The summed E-state index contributed by atoms with van der Waals surface area (Å²) in [6.45, 7) is 2.51. The molecule has 2 rings (SSSR count). The van der Waals surface area contributed by atoms with Crippen molar-refractivity contribution in [1.29, 1.82) is 0 Å². The van der Waals surface area contributed by atoms with Crippen molar-refractivity contribution in [3.05, 3.63) is 53.8 Å². The molecule has 0 amide bonds. The Morgan fingerprint density at radius 2 is 1.68 bits per heavy atom. The zero-order chi connectivity index (χ0) is 13.7. The smallest absolute Gasteiger partial charge is 0.169 e. The molecule has 4 heteroatoms. The van der Waals surface area contributed by atoms with Gasteiger partial charge in [-0.25, -0.2) is 4.39 Å². The summed E-state index contributed by atoms with van der Waals surface area (Å²) in [5.74, 6) is 1.21. The second-order valence-corrected chi connectivity index (χ2v) is 3.90. The molecular weight excluding hydrogens is 245 g/mol.